The molecule has 0 unspecified atom stereocenters. The predicted molar refractivity (Wildman–Crippen MR) is 119 cm³/mol. The molecule has 0 saturated heterocycles. The number of rotatable bonds is 9. The smallest absolute Gasteiger partial charge is 0.336 e. The molecule has 1 amide bonds. The molecule has 0 aliphatic heterocycles. The molecule has 3 aromatic rings. The molecule has 1 atom stereocenters. The molecule has 8 heteroatoms. The second kappa shape index (κ2) is 10.8. The van der Waals surface area contributed by atoms with Gasteiger partial charge in [-0.25, -0.2) is 9.59 Å². The number of carbonyl (C=O) groups excluding carboxylic acids is 2. The molecular weight excluding hydrogens is 426 g/mol. The highest BCUT2D eigenvalue weighted by atomic mass is 16.5. The van der Waals surface area contributed by atoms with Gasteiger partial charge in [0.25, 0.3) is 5.91 Å². The van der Waals surface area contributed by atoms with E-state index in [2.05, 4.69) is 5.32 Å². The van der Waals surface area contributed by atoms with Crippen LogP contribution in [0.3, 0.4) is 0 Å². The molecule has 0 saturated carbocycles. The van der Waals surface area contributed by atoms with Gasteiger partial charge in [0.05, 0.1) is 25.3 Å². The van der Waals surface area contributed by atoms with E-state index >= 15 is 0 Å². The van der Waals surface area contributed by atoms with Gasteiger partial charge in [-0.2, -0.15) is 0 Å². The number of carboxylic acid groups (broad SMARTS) is 1. The van der Waals surface area contributed by atoms with E-state index in [1.54, 1.807) is 18.2 Å². The molecule has 0 bridgehead atoms. The van der Waals surface area contributed by atoms with E-state index in [-0.39, 0.29) is 11.1 Å². The van der Waals surface area contributed by atoms with Crippen molar-refractivity contribution in [1.29, 1.82) is 0 Å². The maximum atomic E-state index is 12.8. The van der Waals surface area contributed by atoms with Gasteiger partial charge in [-0.05, 0) is 35.4 Å². The first kappa shape index (κ1) is 23.3. The van der Waals surface area contributed by atoms with E-state index in [4.69, 9.17) is 14.2 Å². The van der Waals surface area contributed by atoms with Gasteiger partial charge in [-0.1, -0.05) is 48.5 Å². The van der Waals surface area contributed by atoms with Gasteiger partial charge < -0.3 is 24.6 Å². The van der Waals surface area contributed by atoms with Crippen LogP contribution in [0.1, 0.15) is 37.9 Å². The SMILES string of the molecule is COC(=O)[C@@H](NC(=O)c1ccccc1C(=O)O)c1ccc(OCc2ccccc2)c(OC)c1. The zero-order valence-corrected chi connectivity index (χ0v) is 18.1. The Morgan fingerprint density at radius 1 is 0.879 bits per heavy atom. The van der Waals surface area contributed by atoms with Crippen molar-refractivity contribution in [2.45, 2.75) is 12.6 Å². The third-order valence-electron chi connectivity index (χ3n) is 4.87. The molecular formula is C25H23NO7. The maximum Gasteiger partial charge on any atom is 0.336 e. The van der Waals surface area contributed by atoms with Crippen molar-refractivity contribution < 1.29 is 33.7 Å². The second-order valence-electron chi connectivity index (χ2n) is 6.96. The average Bonchev–Trinajstić information content (AvgIpc) is 2.85. The summed E-state index contributed by atoms with van der Waals surface area (Å²) >= 11 is 0. The monoisotopic (exact) mass is 449 g/mol. The van der Waals surface area contributed by atoms with Crippen LogP contribution < -0.4 is 14.8 Å². The predicted octanol–water partition coefficient (Wildman–Crippen LogP) is 3.62. The average molecular weight is 449 g/mol. The van der Waals surface area contributed by atoms with Crippen LogP contribution in [0.4, 0.5) is 0 Å². The molecule has 170 valence electrons. The Morgan fingerprint density at radius 2 is 1.55 bits per heavy atom. The van der Waals surface area contributed by atoms with Crippen molar-refractivity contribution in [1.82, 2.24) is 5.32 Å². The first-order valence-corrected chi connectivity index (χ1v) is 10.00. The quantitative estimate of drug-likeness (QED) is 0.480. The summed E-state index contributed by atoms with van der Waals surface area (Å²) in [6.45, 7) is 0.319. The normalized spacial score (nSPS) is 11.2. The van der Waals surface area contributed by atoms with E-state index < -0.39 is 23.9 Å². The Kier molecular flexibility index (Phi) is 7.64. The van der Waals surface area contributed by atoms with Crippen LogP contribution >= 0.6 is 0 Å². The highest BCUT2D eigenvalue weighted by Gasteiger charge is 2.27. The second-order valence-corrected chi connectivity index (χ2v) is 6.96. The molecule has 0 heterocycles. The lowest BCUT2D eigenvalue weighted by Gasteiger charge is -2.19. The van der Waals surface area contributed by atoms with Crippen molar-refractivity contribution in [3.8, 4) is 11.5 Å². The van der Waals surface area contributed by atoms with E-state index in [1.807, 2.05) is 30.3 Å². The first-order chi connectivity index (χ1) is 15.9. The summed E-state index contributed by atoms with van der Waals surface area (Å²) in [5.41, 5.74) is 1.10. The highest BCUT2D eigenvalue weighted by molar-refractivity contribution is 6.05. The third-order valence-corrected chi connectivity index (χ3v) is 4.87. The van der Waals surface area contributed by atoms with E-state index in [9.17, 15) is 19.5 Å². The van der Waals surface area contributed by atoms with Gasteiger partial charge in [0.2, 0.25) is 0 Å². The minimum absolute atomic E-state index is 0.0753. The molecule has 0 aromatic heterocycles. The highest BCUT2D eigenvalue weighted by Crippen LogP contribution is 2.31. The lowest BCUT2D eigenvalue weighted by atomic mass is 10.0. The van der Waals surface area contributed by atoms with Crippen LogP contribution in [0.25, 0.3) is 0 Å². The molecule has 0 spiro atoms. The molecule has 8 nitrogen and oxygen atoms in total. The summed E-state index contributed by atoms with van der Waals surface area (Å²) in [6, 6.07) is 18.9. The number of nitrogens with one attached hydrogen (secondary N) is 1. The largest absolute Gasteiger partial charge is 0.493 e. The zero-order valence-electron chi connectivity index (χ0n) is 18.1. The number of hydrogen-bond donors (Lipinski definition) is 2. The summed E-state index contributed by atoms with van der Waals surface area (Å²) in [5, 5.41) is 11.9. The Labute approximate surface area is 190 Å². The molecule has 2 N–H and O–H groups in total. The van der Waals surface area contributed by atoms with Crippen molar-refractivity contribution in [2.24, 2.45) is 0 Å². The standard InChI is InChI=1S/C25H23NO7/c1-31-21-14-17(12-13-20(21)33-15-16-8-4-3-5-9-16)22(25(30)32-2)26-23(27)18-10-6-7-11-19(18)24(28)29/h3-14,22H,15H2,1-2H3,(H,26,27)(H,28,29)/t22-/m0/s1. The Balaban J connectivity index is 1.86. The topological polar surface area (TPSA) is 111 Å². The molecule has 0 aliphatic rings. The molecule has 3 aromatic carbocycles. The van der Waals surface area contributed by atoms with Crippen LogP contribution in [0.2, 0.25) is 0 Å². The lowest BCUT2D eigenvalue weighted by molar-refractivity contribution is -0.143. The number of carboxylic acids is 1. The van der Waals surface area contributed by atoms with Crippen molar-refractivity contribution in [3.63, 3.8) is 0 Å². The summed E-state index contributed by atoms with van der Waals surface area (Å²) in [7, 11) is 2.66. The number of aromatic carboxylic acids is 1. The number of carbonyl (C=O) groups is 3. The van der Waals surface area contributed by atoms with E-state index in [1.165, 1.54) is 38.5 Å². The number of ether oxygens (including phenoxy) is 3. The van der Waals surface area contributed by atoms with Crippen LogP contribution in [0.15, 0.2) is 72.8 Å². The van der Waals surface area contributed by atoms with Gasteiger partial charge in [-0.3, -0.25) is 4.79 Å². The molecule has 3 rings (SSSR count). The Hall–Kier alpha value is -4.33. The van der Waals surface area contributed by atoms with Gasteiger partial charge >= 0.3 is 11.9 Å². The third kappa shape index (κ3) is 5.68. The van der Waals surface area contributed by atoms with Gasteiger partial charge in [-0.15, -0.1) is 0 Å². The molecule has 33 heavy (non-hydrogen) atoms. The summed E-state index contributed by atoms with van der Waals surface area (Å²) in [5.74, 6) is -1.89. The fourth-order valence-electron chi connectivity index (χ4n) is 3.19. The fourth-order valence-corrected chi connectivity index (χ4v) is 3.19. The lowest BCUT2D eigenvalue weighted by Crippen LogP contribution is -2.35. The summed E-state index contributed by atoms with van der Waals surface area (Å²) < 4.78 is 16.1. The van der Waals surface area contributed by atoms with Crippen LogP contribution in [0.5, 0.6) is 11.5 Å². The summed E-state index contributed by atoms with van der Waals surface area (Å²) in [4.78, 5) is 36.7. The number of amides is 1. The van der Waals surface area contributed by atoms with Crippen LogP contribution in [-0.2, 0) is 16.1 Å². The molecule has 0 aliphatic carbocycles. The van der Waals surface area contributed by atoms with Crippen molar-refractivity contribution >= 4 is 17.8 Å². The van der Waals surface area contributed by atoms with E-state index in [0.717, 1.165) is 5.56 Å². The number of hydrogen-bond acceptors (Lipinski definition) is 6. The maximum absolute atomic E-state index is 12.8. The van der Waals surface area contributed by atoms with Crippen molar-refractivity contribution in [2.75, 3.05) is 14.2 Å². The van der Waals surface area contributed by atoms with E-state index in [0.29, 0.717) is 23.7 Å². The fraction of sp³-hybridized carbons (Fsp3) is 0.160. The Morgan fingerprint density at radius 3 is 2.18 bits per heavy atom. The number of esters is 1. The van der Waals surface area contributed by atoms with Crippen LogP contribution in [0, 0.1) is 0 Å². The minimum atomic E-state index is -1.25. The minimum Gasteiger partial charge on any atom is -0.493 e. The number of methoxy groups -OCH3 is 2. The molecule has 0 radical (unpaired) electrons. The van der Waals surface area contributed by atoms with Crippen molar-refractivity contribution in [3.05, 3.63) is 95.1 Å². The molecule has 0 fully saturated rings. The van der Waals surface area contributed by atoms with Crippen LogP contribution in [-0.4, -0.2) is 37.2 Å². The van der Waals surface area contributed by atoms with Gasteiger partial charge in [0, 0.05) is 0 Å². The van der Waals surface area contributed by atoms with Gasteiger partial charge in [0.15, 0.2) is 17.5 Å². The first-order valence-electron chi connectivity index (χ1n) is 10.00. The zero-order chi connectivity index (χ0) is 23.8. The Bertz CT molecular complexity index is 1140. The summed E-state index contributed by atoms with van der Waals surface area (Å²) in [6.07, 6.45) is 0. The van der Waals surface area contributed by atoms with Gasteiger partial charge in [0.1, 0.15) is 6.61 Å². The number of benzene rings is 3.